The Morgan fingerprint density at radius 1 is 1.00 bits per heavy atom. The summed E-state index contributed by atoms with van der Waals surface area (Å²) in [6.07, 6.45) is 7.89. The van der Waals surface area contributed by atoms with Crippen molar-refractivity contribution < 1.29 is 4.79 Å². The number of amides is 1. The Morgan fingerprint density at radius 2 is 1.61 bits per heavy atom. The van der Waals surface area contributed by atoms with Gasteiger partial charge in [0, 0.05) is 25.1 Å². The van der Waals surface area contributed by atoms with Crippen LogP contribution in [0.3, 0.4) is 0 Å². The van der Waals surface area contributed by atoms with Crippen molar-refractivity contribution in [2.75, 3.05) is 17.7 Å². The molecule has 1 fully saturated rings. The number of carbonyl (C=O) groups excluding carboxylic acids is 1. The van der Waals surface area contributed by atoms with Gasteiger partial charge in [-0.2, -0.15) is 0 Å². The first kappa shape index (κ1) is 18.9. The van der Waals surface area contributed by atoms with Gasteiger partial charge in [0.15, 0.2) is 0 Å². The van der Waals surface area contributed by atoms with Crippen molar-refractivity contribution in [2.24, 2.45) is 0 Å². The number of hydrogen-bond acceptors (Lipinski definition) is 3. The van der Waals surface area contributed by atoms with Crippen molar-refractivity contribution in [2.45, 2.75) is 63.6 Å². The number of benzene rings is 2. The molecular weight excluding hydrogens is 346 g/mol. The minimum absolute atomic E-state index is 0.146. The first-order valence-corrected chi connectivity index (χ1v) is 10.6. The second kappa shape index (κ2) is 7.86. The maximum atomic E-state index is 12.9. The third-order valence-corrected chi connectivity index (χ3v) is 6.43. The van der Waals surface area contributed by atoms with E-state index in [1.54, 1.807) is 0 Å². The number of hydrogen-bond donors (Lipinski definition) is 2. The molecule has 4 heteroatoms. The zero-order valence-corrected chi connectivity index (χ0v) is 17.0. The van der Waals surface area contributed by atoms with Crippen molar-refractivity contribution >= 4 is 17.3 Å². The molecule has 0 unspecified atom stereocenters. The maximum Gasteiger partial charge on any atom is 0.253 e. The number of anilines is 2. The summed E-state index contributed by atoms with van der Waals surface area (Å²) in [5.41, 5.74) is 4.16. The molecule has 2 aliphatic rings. The number of nitrogens with one attached hydrogen (secondary N) is 2. The van der Waals surface area contributed by atoms with Crippen LogP contribution in [0.2, 0.25) is 0 Å². The highest BCUT2D eigenvalue weighted by Gasteiger charge is 2.34. The van der Waals surface area contributed by atoms with Crippen LogP contribution in [0.25, 0.3) is 0 Å². The minimum Gasteiger partial charge on any atom is -0.361 e. The van der Waals surface area contributed by atoms with Crippen LogP contribution in [0, 0.1) is 0 Å². The summed E-state index contributed by atoms with van der Waals surface area (Å²) in [5, 5.41) is 7.32. The number of fused-ring (bicyclic) bond motifs is 1. The van der Waals surface area contributed by atoms with Gasteiger partial charge in [-0.3, -0.25) is 4.79 Å². The van der Waals surface area contributed by atoms with E-state index in [1.807, 2.05) is 24.1 Å². The molecule has 1 heterocycles. The van der Waals surface area contributed by atoms with Crippen LogP contribution in [-0.2, 0) is 6.42 Å². The topological polar surface area (TPSA) is 44.4 Å². The van der Waals surface area contributed by atoms with Gasteiger partial charge < -0.3 is 15.5 Å². The predicted octanol–water partition coefficient (Wildman–Crippen LogP) is 5.28. The molecule has 4 rings (SSSR count). The summed E-state index contributed by atoms with van der Waals surface area (Å²) in [6, 6.07) is 16.9. The molecule has 4 nitrogen and oxygen atoms in total. The minimum atomic E-state index is -0.173. The quantitative estimate of drug-likeness (QED) is 0.745. The Bertz CT molecular complexity index is 799. The van der Waals surface area contributed by atoms with Crippen LogP contribution in [0.15, 0.2) is 48.5 Å². The summed E-state index contributed by atoms with van der Waals surface area (Å²) >= 11 is 0. The van der Waals surface area contributed by atoms with Crippen LogP contribution >= 0.6 is 0 Å². The summed E-state index contributed by atoms with van der Waals surface area (Å²) in [4.78, 5) is 14.8. The normalized spacial score (nSPS) is 18.1. The molecular formula is C24H31N3O. The van der Waals surface area contributed by atoms with Crippen molar-refractivity contribution in [3.05, 3.63) is 59.7 Å². The average molecular weight is 378 g/mol. The molecule has 0 atom stereocenters. The van der Waals surface area contributed by atoms with Gasteiger partial charge >= 0.3 is 0 Å². The van der Waals surface area contributed by atoms with Gasteiger partial charge in [-0.15, -0.1) is 0 Å². The van der Waals surface area contributed by atoms with Crippen LogP contribution < -0.4 is 10.6 Å². The first-order valence-electron chi connectivity index (χ1n) is 10.6. The fourth-order valence-corrected chi connectivity index (χ4v) is 4.59. The number of rotatable bonds is 5. The first-order chi connectivity index (χ1) is 13.6. The van der Waals surface area contributed by atoms with Gasteiger partial charge in [0.25, 0.3) is 5.91 Å². The Kier molecular flexibility index (Phi) is 5.29. The summed E-state index contributed by atoms with van der Waals surface area (Å²) in [5.74, 6) is 0.146. The molecule has 2 aromatic rings. The van der Waals surface area contributed by atoms with Gasteiger partial charge in [0.05, 0.1) is 11.4 Å². The maximum absolute atomic E-state index is 12.9. The molecule has 148 valence electrons. The van der Waals surface area contributed by atoms with Crippen LogP contribution in [0.1, 0.15) is 61.4 Å². The van der Waals surface area contributed by atoms with E-state index in [0.29, 0.717) is 6.04 Å². The van der Waals surface area contributed by atoms with E-state index >= 15 is 0 Å². The summed E-state index contributed by atoms with van der Waals surface area (Å²) in [6.45, 7) is 2.20. The molecule has 0 spiro atoms. The van der Waals surface area contributed by atoms with E-state index in [-0.39, 0.29) is 11.6 Å². The van der Waals surface area contributed by atoms with Crippen molar-refractivity contribution in [1.29, 1.82) is 0 Å². The highest BCUT2D eigenvalue weighted by atomic mass is 16.2. The highest BCUT2D eigenvalue weighted by Crippen LogP contribution is 2.37. The second-order valence-electron chi connectivity index (χ2n) is 8.31. The third kappa shape index (κ3) is 3.73. The Hall–Kier alpha value is -2.49. The van der Waals surface area contributed by atoms with E-state index in [1.165, 1.54) is 24.8 Å². The molecule has 1 saturated carbocycles. The number of para-hydroxylation sites is 2. The SMILES string of the molecule is CCC1(Cc2ccc(C(=O)N(C)C3CCCCC3)cc2)Nc2ccccc2N1. The molecule has 2 aromatic carbocycles. The lowest BCUT2D eigenvalue weighted by molar-refractivity contribution is 0.0696. The van der Waals surface area contributed by atoms with E-state index in [2.05, 4.69) is 54.0 Å². The highest BCUT2D eigenvalue weighted by molar-refractivity contribution is 5.94. The van der Waals surface area contributed by atoms with Crippen molar-refractivity contribution in [3.63, 3.8) is 0 Å². The van der Waals surface area contributed by atoms with Crippen LogP contribution in [-0.4, -0.2) is 29.6 Å². The molecule has 2 N–H and O–H groups in total. The molecule has 0 radical (unpaired) electrons. The van der Waals surface area contributed by atoms with E-state index in [9.17, 15) is 4.79 Å². The molecule has 0 saturated heterocycles. The summed E-state index contributed by atoms with van der Waals surface area (Å²) in [7, 11) is 1.96. The van der Waals surface area contributed by atoms with Gasteiger partial charge in [-0.25, -0.2) is 0 Å². The van der Waals surface area contributed by atoms with Gasteiger partial charge in [-0.05, 0) is 49.1 Å². The Morgan fingerprint density at radius 3 is 2.18 bits per heavy atom. The standard InChI is InChI=1S/C24H31N3O/c1-3-24(25-21-11-7-8-12-22(21)26-24)17-18-13-15-19(16-14-18)23(28)27(2)20-9-5-4-6-10-20/h7-8,11-16,20,25-26H,3-6,9-10,17H2,1-2H3. The van der Waals surface area contributed by atoms with Crippen LogP contribution in [0.5, 0.6) is 0 Å². The van der Waals surface area contributed by atoms with Crippen molar-refractivity contribution in [3.8, 4) is 0 Å². The second-order valence-corrected chi connectivity index (χ2v) is 8.31. The molecule has 1 aliphatic heterocycles. The lowest BCUT2D eigenvalue weighted by atomic mass is 9.93. The lowest BCUT2D eigenvalue weighted by Crippen LogP contribution is -2.43. The molecule has 1 aliphatic carbocycles. The largest absolute Gasteiger partial charge is 0.361 e. The Balaban J connectivity index is 1.44. The summed E-state index contributed by atoms with van der Waals surface area (Å²) < 4.78 is 0. The zero-order valence-electron chi connectivity index (χ0n) is 17.0. The third-order valence-electron chi connectivity index (χ3n) is 6.43. The fourth-order valence-electron chi connectivity index (χ4n) is 4.59. The monoisotopic (exact) mass is 377 g/mol. The number of nitrogens with zero attached hydrogens (tertiary/aromatic N) is 1. The number of carbonyl (C=O) groups is 1. The van der Waals surface area contributed by atoms with Gasteiger partial charge in [0.1, 0.15) is 5.66 Å². The molecule has 0 aromatic heterocycles. The smallest absolute Gasteiger partial charge is 0.253 e. The van der Waals surface area contributed by atoms with Gasteiger partial charge in [0.2, 0.25) is 0 Å². The molecule has 0 bridgehead atoms. The van der Waals surface area contributed by atoms with Crippen molar-refractivity contribution in [1.82, 2.24) is 4.90 Å². The van der Waals surface area contributed by atoms with Crippen LogP contribution in [0.4, 0.5) is 11.4 Å². The van der Waals surface area contributed by atoms with E-state index < -0.39 is 0 Å². The zero-order chi connectivity index (χ0) is 19.6. The van der Waals surface area contributed by atoms with E-state index in [4.69, 9.17) is 0 Å². The molecule has 1 amide bonds. The van der Waals surface area contributed by atoms with Gasteiger partial charge in [-0.1, -0.05) is 50.5 Å². The lowest BCUT2D eigenvalue weighted by Gasteiger charge is -2.31. The van der Waals surface area contributed by atoms with E-state index in [0.717, 1.165) is 42.6 Å². The average Bonchev–Trinajstić information content (AvgIpc) is 3.12. The Labute approximate surface area is 168 Å². The molecule has 28 heavy (non-hydrogen) atoms. The predicted molar refractivity (Wildman–Crippen MR) is 116 cm³/mol. The fraction of sp³-hybridized carbons (Fsp3) is 0.458.